The molecule has 1 N–H and O–H groups in total. The number of carbonyl (C=O) groups is 1. The second-order valence-corrected chi connectivity index (χ2v) is 8.03. The van der Waals surface area contributed by atoms with Gasteiger partial charge in [-0.25, -0.2) is 0 Å². The molecule has 0 fully saturated rings. The summed E-state index contributed by atoms with van der Waals surface area (Å²) in [7, 11) is 3.51. The first-order valence-electron chi connectivity index (χ1n) is 11.0. The molecule has 0 saturated carbocycles. The Balaban J connectivity index is 1.62. The van der Waals surface area contributed by atoms with Crippen LogP contribution in [0.5, 0.6) is 5.75 Å². The maximum atomic E-state index is 13.3. The van der Waals surface area contributed by atoms with E-state index in [1.807, 2.05) is 73.1 Å². The van der Waals surface area contributed by atoms with Crippen LogP contribution in [0.3, 0.4) is 0 Å². The Bertz CT molecular complexity index is 1380. The Kier molecular flexibility index (Phi) is 6.31. The molecular formula is C26H28N4O3. The van der Waals surface area contributed by atoms with E-state index in [4.69, 9.17) is 4.74 Å². The van der Waals surface area contributed by atoms with Crippen molar-refractivity contribution in [3.63, 3.8) is 0 Å². The molecular weight excluding hydrogens is 416 g/mol. The zero-order valence-corrected chi connectivity index (χ0v) is 19.4. The molecule has 170 valence electrons. The van der Waals surface area contributed by atoms with Gasteiger partial charge in [-0.2, -0.15) is 9.61 Å². The van der Waals surface area contributed by atoms with Crippen molar-refractivity contribution in [2.75, 3.05) is 12.4 Å². The number of carbonyl (C=O) groups excluding carboxylic acids is 1. The predicted octanol–water partition coefficient (Wildman–Crippen LogP) is 4.15. The normalized spacial score (nSPS) is 11.0. The van der Waals surface area contributed by atoms with E-state index in [0.717, 1.165) is 28.9 Å². The average molecular weight is 445 g/mol. The van der Waals surface area contributed by atoms with E-state index in [1.54, 1.807) is 7.11 Å². The number of fused-ring (bicyclic) bond motifs is 1. The van der Waals surface area contributed by atoms with Crippen molar-refractivity contribution in [2.24, 2.45) is 7.05 Å². The van der Waals surface area contributed by atoms with E-state index in [2.05, 4.69) is 17.3 Å². The Morgan fingerprint density at radius 2 is 1.91 bits per heavy atom. The summed E-state index contributed by atoms with van der Waals surface area (Å²) in [5, 5.41) is 7.50. The van der Waals surface area contributed by atoms with Gasteiger partial charge in [-0.1, -0.05) is 31.2 Å². The molecule has 0 saturated heterocycles. The summed E-state index contributed by atoms with van der Waals surface area (Å²) >= 11 is 0. The Labute approximate surface area is 192 Å². The zero-order valence-electron chi connectivity index (χ0n) is 19.4. The lowest BCUT2D eigenvalue weighted by atomic mass is 10.1. The van der Waals surface area contributed by atoms with Gasteiger partial charge in [-0.3, -0.25) is 9.59 Å². The molecule has 2 aromatic carbocycles. The third kappa shape index (κ3) is 4.39. The fraction of sp³-hybridized carbons (Fsp3) is 0.269. The quantitative estimate of drug-likeness (QED) is 0.465. The summed E-state index contributed by atoms with van der Waals surface area (Å²) in [5.41, 5.74) is 5.28. The number of nitrogens with zero attached hydrogens (tertiary/aromatic N) is 3. The molecule has 7 nitrogen and oxygen atoms in total. The lowest BCUT2D eigenvalue weighted by molar-refractivity contribution is -0.116. The molecule has 2 heterocycles. The van der Waals surface area contributed by atoms with Gasteiger partial charge in [0.25, 0.3) is 5.56 Å². The highest BCUT2D eigenvalue weighted by molar-refractivity contribution is 5.90. The van der Waals surface area contributed by atoms with Gasteiger partial charge < -0.3 is 14.6 Å². The number of amides is 1. The molecule has 4 aromatic rings. The number of hydrogen-bond acceptors (Lipinski definition) is 4. The molecule has 0 bridgehead atoms. The van der Waals surface area contributed by atoms with Gasteiger partial charge in [-0.15, -0.1) is 0 Å². The van der Waals surface area contributed by atoms with Gasteiger partial charge in [0.05, 0.1) is 12.8 Å². The molecule has 1 amide bonds. The maximum Gasteiger partial charge on any atom is 0.277 e. The van der Waals surface area contributed by atoms with E-state index < -0.39 is 0 Å². The number of nitrogens with one attached hydrogen (secondary N) is 1. The van der Waals surface area contributed by atoms with Crippen LogP contribution in [0.25, 0.3) is 16.9 Å². The SMILES string of the molecule is CCc1cccc(NC(=O)CCc2c(C)n(C)c3cc(-c4ccccc4OC)nn3c2=O)c1. The summed E-state index contributed by atoms with van der Waals surface area (Å²) < 4.78 is 8.80. The van der Waals surface area contributed by atoms with Gasteiger partial charge in [0.2, 0.25) is 5.91 Å². The van der Waals surface area contributed by atoms with Crippen molar-refractivity contribution in [3.05, 3.63) is 81.8 Å². The molecule has 2 aromatic heterocycles. The molecule has 7 heteroatoms. The number of anilines is 1. The molecule has 0 atom stereocenters. The van der Waals surface area contributed by atoms with Crippen LogP contribution in [0.4, 0.5) is 5.69 Å². The highest BCUT2D eigenvalue weighted by Crippen LogP contribution is 2.29. The molecule has 33 heavy (non-hydrogen) atoms. The first-order chi connectivity index (χ1) is 15.9. The third-order valence-electron chi connectivity index (χ3n) is 6.03. The number of hydrogen-bond donors (Lipinski definition) is 1. The first-order valence-corrected chi connectivity index (χ1v) is 11.0. The largest absolute Gasteiger partial charge is 0.496 e. The molecule has 0 aliphatic rings. The molecule has 4 rings (SSSR count). The van der Waals surface area contributed by atoms with Crippen molar-refractivity contribution in [3.8, 4) is 17.0 Å². The summed E-state index contributed by atoms with van der Waals surface area (Å²) in [6.45, 7) is 3.97. The fourth-order valence-electron chi connectivity index (χ4n) is 4.02. The number of benzene rings is 2. The minimum atomic E-state index is -0.206. The van der Waals surface area contributed by atoms with Crippen molar-refractivity contribution in [1.29, 1.82) is 0 Å². The minimum Gasteiger partial charge on any atom is -0.496 e. The van der Waals surface area contributed by atoms with Gasteiger partial charge in [0.1, 0.15) is 11.4 Å². The molecule has 0 aliphatic carbocycles. The van der Waals surface area contributed by atoms with Crippen LogP contribution >= 0.6 is 0 Å². The second kappa shape index (κ2) is 9.32. The van der Waals surface area contributed by atoms with Crippen molar-refractivity contribution in [2.45, 2.75) is 33.1 Å². The first kappa shape index (κ1) is 22.3. The number of rotatable bonds is 7. The van der Waals surface area contributed by atoms with Crippen LogP contribution in [0.2, 0.25) is 0 Å². The minimum absolute atomic E-state index is 0.125. The number of aromatic nitrogens is 3. The van der Waals surface area contributed by atoms with Gasteiger partial charge >= 0.3 is 0 Å². The van der Waals surface area contributed by atoms with E-state index in [0.29, 0.717) is 29.1 Å². The van der Waals surface area contributed by atoms with Gasteiger partial charge in [-0.05, 0) is 49.6 Å². The van der Waals surface area contributed by atoms with Crippen LogP contribution in [0.15, 0.2) is 59.4 Å². The number of para-hydroxylation sites is 1. The third-order valence-corrected chi connectivity index (χ3v) is 6.03. The Hall–Kier alpha value is -3.87. The maximum absolute atomic E-state index is 13.3. The second-order valence-electron chi connectivity index (χ2n) is 8.03. The van der Waals surface area contributed by atoms with E-state index in [-0.39, 0.29) is 17.9 Å². The van der Waals surface area contributed by atoms with Crippen LogP contribution in [-0.2, 0) is 24.7 Å². The summed E-state index contributed by atoms with van der Waals surface area (Å²) in [4.78, 5) is 25.8. The monoisotopic (exact) mass is 444 g/mol. The van der Waals surface area contributed by atoms with E-state index in [1.165, 1.54) is 4.52 Å². The van der Waals surface area contributed by atoms with Crippen molar-refractivity contribution in [1.82, 2.24) is 14.2 Å². The van der Waals surface area contributed by atoms with Crippen LogP contribution in [-0.4, -0.2) is 27.2 Å². The Morgan fingerprint density at radius 3 is 2.67 bits per heavy atom. The number of methoxy groups -OCH3 is 1. The molecule has 0 aliphatic heterocycles. The highest BCUT2D eigenvalue weighted by Gasteiger charge is 2.18. The molecule has 0 unspecified atom stereocenters. The van der Waals surface area contributed by atoms with Crippen molar-refractivity contribution < 1.29 is 9.53 Å². The van der Waals surface area contributed by atoms with Crippen LogP contribution in [0, 0.1) is 6.92 Å². The zero-order chi connectivity index (χ0) is 23.5. The molecule has 0 spiro atoms. The van der Waals surface area contributed by atoms with E-state index >= 15 is 0 Å². The van der Waals surface area contributed by atoms with Gasteiger partial charge in [0.15, 0.2) is 0 Å². The lowest BCUT2D eigenvalue weighted by Crippen LogP contribution is -2.26. The number of aryl methyl sites for hydroxylation is 2. The van der Waals surface area contributed by atoms with Crippen molar-refractivity contribution >= 4 is 17.2 Å². The topological polar surface area (TPSA) is 77.6 Å². The van der Waals surface area contributed by atoms with Crippen LogP contribution < -0.4 is 15.6 Å². The average Bonchev–Trinajstić information content (AvgIpc) is 3.28. The number of ether oxygens (including phenoxy) is 1. The van der Waals surface area contributed by atoms with E-state index in [9.17, 15) is 9.59 Å². The predicted molar refractivity (Wildman–Crippen MR) is 130 cm³/mol. The summed E-state index contributed by atoms with van der Waals surface area (Å²) in [6, 6.07) is 17.3. The van der Waals surface area contributed by atoms with Gasteiger partial charge in [0, 0.05) is 42.0 Å². The molecule has 0 radical (unpaired) electrons. The highest BCUT2D eigenvalue weighted by atomic mass is 16.5. The standard InChI is InChI=1S/C26H28N4O3/c1-5-18-9-8-10-19(15-18)27-24(31)14-13-20-17(2)29(3)25-16-22(28-30(25)26(20)32)21-11-6-7-12-23(21)33-4/h6-12,15-16H,5,13-14H2,1-4H3,(H,27,31). The van der Waals surface area contributed by atoms with Crippen LogP contribution in [0.1, 0.15) is 30.2 Å². The lowest BCUT2D eigenvalue weighted by Gasteiger charge is -2.12. The Morgan fingerprint density at radius 1 is 1.12 bits per heavy atom. The smallest absolute Gasteiger partial charge is 0.277 e. The summed E-state index contributed by atoms with van der Waals surface area (Å²) in [6.07, 6.45) is 1.44. The fourth-order valence-corrected chi connectivity index (χ4v) is 4.02. The summed E-state index contributed by atoms with van der Waals surface area (Å²) in [5.74, 6) is 0.566.